The summed E-state index contributed by atoms with van der Waals surface area (Å²) in [4.78, 5) is 35.4. The zero-order valence-electron chi connectivity index (χ0n) is 21.6. The zero-order chi connectivity index (χ0) is 24.9. The second-order valence-corrected chi connectivity index (χ2v) is 10.5. The Morgan fingerprint density at radius 1 is 1.03 bits per heavy atom. The Hall–Kier alpha value is -2.36. The minimum Gasteiger partial charge on any atom is -0.497 e. The first kappa shape index (κ1) is 25.3. The summed E-state index contributed by atoms with van der Waals surface area (Å²) in [6.45, 7) is 9.13. The number of piperidine rings is 1. The van der Waals surface area contributed by atoms with Crippen molar-refractivity contribution in [2.75, 3.05) is 90.7 Å². The number of piperazine rings is 1. The van der Waals surface area contributed by atoms with Gasteiger partial charge in [-0.05, 0) is 44.0 Å². The molecule has 0 radical (unpaired) electrons. The van der Waals surface area contributed by atoms with Crippen LogP contribution in [-0.4, -0.2) is 118 Å². The van der Waals surface area contributed by atoms with Gasteiger partial charge in [0.05, 0.1) is 38.8 Å². The van der Waals surface area contributed by atoms with Gasteiger partial charge in [0.15, 0.2) is 0 Å². The van der Waals surface area contributed by atoms with Crippen LogP contribution in [0.5, 0.6) is 5.75 Å². The number of rotatable bonds is 7. The molecule has 36 heavy (non-hydrogen) atoms. The lowest BCUT2D eigenvalue weighted by atomic mass is 9.83. The van der Waals surface area contributed by atoms with Crippen molar-refractivity contribution in [3.8, 4) is 5.75 Å². The van der Waals surface area contributed by atoms with Gasteiger partial charge in [-0.3, -0.25) is 14.5 Å². The van der Waals surface area contributed by atoms with Crippen LogP contribution in [0.15, 0.2) is 18.2 Å². The van der Waals surface area contributed by atoms with E-state index in [1.54, 1.807) is 7.11 Å². The third kappa shape index (κ3) is 5.79. The van der Waals surface area contributed by atoms with Gasteiger partial charge in [0.1, 0.15) is 5.75 Å². The summed E-state index contributed by atoms with van der Waals surface area (Å²) in [6.07, 6.45) is 4.54. The molecule has 0 bridgehead atoms. The Morgan fingerprint density at radius 2 is 1.83 bits per heavy atom. The summed E-state index contributed by atoms with van der Waals surface area (Å²) in [7, 11) is 1.69. The maximum atomic E-state index is 13.5. The molecular weight excluding hydrogens is 458 g/mol. The Labute approximate surface area is 214 Å². The topological polar surface area (TPSA) is 77.6 Å². The van der Waals surface area contributed by atoms with Crippen molar-refractivity contribution < 1.29 is 19.1 Å². The number of nitrogens with one attached hydrogen (secondary N) is 1. The van der Waals surface area contributed by atoms with Gasteiger partial charge in [0, 0.05) is 57.6 Å². The molecular formula is C27H41N5O4. The number of benzene rings is 1. The lowest BCUT2D eigenvalue weighted by Gasteiger charge is -2.49. The molecule has 1 aromatic carbocycles. The summed E-state index contributed by atoms with van der Waals surface area (Å²) < 4.78 is 10.9. The second-order valence-electron chi connectivity index (χ2n) is 10.5. The average molecular weight is 500 g/mol. The van der Waals surface area contributed by atoms with E-state index in [1.807, 2.05) is 11.0 Å². The predicted molar refractivity (Wildman–Crippen MR) is 138 cm³/mol. The SMILES string of the molecule is COc1ccc2c(c1)N1CCN(CC(=O)N3CCOCC3)C[C@@H]1[C@H](C(=O)NCCN1CCCCC1)C2. The van der Waals surface area contributed by atoms with E-state index in [4.69, 9.17) is 9.47 Å². The molecule has 2 amide bonds. The quantitative estimate of drug-likeness (QED) is 0.595. The minimum absolute atomic E-state index is 0.0332. The van der Waals surface area contributed by atoms with Gasteiger partial charge < -0.3 is 29.5 Å². The van der Waals surface area contributed by atoms with Gasteiger partial charge in [0.2, 0.25) is 11.8 Å². The highest BCUT2D eigenvalue weighted by Crippen LogP contribution is 2.38. The van der Waals surface area contributed by atoms with Crippen molar-refractivity contribution in [3.05, 3.63) is 23.8 Å². The van der Waals surface area contributed by atoms with Crippen molar-refractivity contribution in [2.45, 2.75) is 31.7 Å². The number of carbonyl (C=O) groups is 2. The predicted octanol–water partition coefficient (Wildman–Crippen LogP) is 0.819. The van der Waals surface area contributed by atoms with Crippen LogP contribution in [0.25, 0.3) is 0 Å². The fourth-order valence-electron chi connectivity index (χ4n) is 6.16. The molecule has 0 saturated carbocycles. The summed E-state index contributed by atoms with van der Waals surface area (Å²) in [5, 5.41) is 3.25. The van der Waals surface area contributed by atoms with Crippen LogP contribution in [0, 0.1) is 5.92 Å². The molecule has 198 valence electrons. The van der Waals surface area contributed by atoms with E-state index in [1.165, 1.54) is 24.8 Å². The summed E-state index contributed by atoms with van der Waals surface area (Å²) in [5.41, 5.74) is 2.36. The molecule has 1 aromatic rings. The number of likely N-dealkylation sites (tertiary alicyclic amines) is 1. The van der Waals surface area contributed by atoms with E-state index >= 15 is 0 Å². The Balaban J connectivity index is 1.27. The van der Waals surface area contributed by atoms with Crippen molar-refractivity contribution in [1.82, 2.24) is 20.0 Å². The zero-order valence-corrected chi connectivity index (χ0v) is 21.6. The number of methoxy groups -OCH3 is 1. The van der Waals surface area contributed by atoms with E-state index < -0.39 is 0 Å². The van der Waals surface area contributed by atoms with Gasteiger partial charge in [-0.1, -0.05) is 12.5 Å². The Bertz CT molecular complexity index is 915. The first-order valence-corrected chi connectivity index (χ1v) is 13.6. The lowest BCUT2D eigenvalue weighted by molar-refractivity contribution is -0.136. The summed E-state index contributed by atoms with van der Waals surface area (Å²) >= 11 is 0. The first-order valence-electron chi connectivity index (χ1n) is 13.6. The fourth-order valence-corrected chi connectivity index (χ4v) is 6.16. The maximum absolute atomic E-state index is 13.5. The molecule has 2 atom stereocenters. The molecule has 0 unspecified atom stereocenters. The van der Waals surface area contributed by atoms with Crippen molar-refractivity contribution >= 4 is 17.5 Å². The fraction of sp³-hybridized carbons (Fsp3) is 0.704. The van der Waals surface area contributed by atoms with E-state index in [0.29, 0.717) is 52.4 Å². The number of carbonyl (C=O) groups excluding carboxylic acids is 2. The molecule has 9 heteroatoms. The van der Waals surface area contributed by atoms with Crippen LogP contribution in [0.4, 0.5) is 5.69 Å². The van der Waals surface area contributed by atoms with Crippen LogP contribution in [0.1, 0.15) is 24.8 Å². The van der Waals surface area contributed by atoms with E-state index in [-0.39, 0.29) is 23.8 Å². The molecule has 3 saturated heterocycles. The monoisotopic (exact) mass is 499 g/mol. The number of hydrogen-bond donors (Lipinski definition) is 1. The number of fused-ring (bicyclic) bond motifs is 3. The number of amides is 2. The molecule has 3 fully saturated rings. The molecule has 0 aromatic heterocycles. The minimum atomic E-state index is -0.145. The molecule has 9 nitrogen and oxygen atoms in total. The maximum Gasteiger partial charge on any atom is 0.236 e. The Kier molecular flexibility index (Phi) is 8.29. The van der Waals surface area contributed by atoms with Gasteiger partial charge in [-0.2, -0.15) is 0 Å². The summed E-state index contributed by atoms with van der Waals surface area (Å²) in [5.74, 6) is 0.979. The number of morpholine rings is 1. The average Bonchev–Trinajstić information content (AvgIpc) is 2.93. The molecule has 0 aliphatic carbocycles. The second kappa shape index (κ2) is 11.8. The van der Waals surface area contributed by atoms with Gasteiger partial charge >= 0.3 is 0 Å². The normalized spacial score (nSPS) is 25.1. The highest BCUT2D eigenvalue weighted by Gasteiger charge is 2.42. The highest BCUT2D eigenvalue weighted by atomic mass is 16.5. The number of ether oxygens (including phenoxy) is 2. The van der Waals surface area contributed by atoms with E-state index in [9.17, 15) is 9.59 Å². The molecule has 0 spiro atoms. The van der Waals surface area contributed by atoms with Crippen molar-refractivity contribution in [1.29, 1.82) is 0 Å². The highest BCUT2D eigenvalue weighted by molar-refractivity contribution is 5.82. The van der Waals surface area contributed by atoms with E-state index in [2.05, 4.69) is 32.1 Å². The van der Waals surface area contributed by atoms with Crippen molar-refractivity contribution in [3.63, 3.8) is 0 Å². The lowest BCUT2D eigenvalue weighted by Crippen LogP contribution is -2.62. The molecule has 4 aliphatic rings. The van der Waals surface area contributed by atoms with Gasteiger partial charge in [-0.25, -0.2) is 0 Å². The number of hydrogen-bond acceptors (Lipinski definition) is 7. The molecule has 4 aliphatic heterocycles. The van der Waals surface area contributed by atoms with Gasteiger partial charge in [-0.15, -0.1) is 0 Å². The molecule has 1 N–H and O–H groups in total. The summed E-state index contributed by atoms with van der Waals surface area (Å²) in [6, 6.07) is 6.22. The molecule has 5 rings (SSSR count). The first-order chi connectivity index (χ1) is 17.6. The number of nitrogens with zero attached hydrogens (tertiary/aromatic N) is 4. The van der Waals surface area contributed by atoms with Crippen molar-refractivity contribution in [2.24, 2.45) is 5.92 Å². The van der Waals surface area contributed by atoms with Crippen LogP contribution < -0.4 is 15.0 Å². The smallest absolute Gasteiger partial charge is 0.236 e. The van der Waals surface area contributed by atoms with Crippen LogP contribution in [0.3, 0.4) is 0 Å². The largest absolute Gasteiger partial charge is 0.497 e. The number of anilines is 1. The van der Waals surface area contributed by atoms with Gasteiger partial charge in [0.25, 0.3) is 0 Å². The van der Waals surface area contributed by atoms with Crippen LogP contribution in [-0.2, 0) is 20.7 Å². The van der Waals surface area contributed by atoms with Crippen LogP contribution in [0.2, 0.25) is 0 Å². The Morgan fingerprint density at radius 3 is 2.61 bits per heavy atom. The molecule has 4 heterocycles. The standard InChI is InChI=1S/C27H41N5O4/c1-35-22-6-5-21-17-23(27(34)28-7-10-29-8-3-2-4-9-29)25-19-30(11-12-32(25)24(21)18-22)20-26(33)31-13-15-36-16-14-31/h5-6,18,23,25H,2-4,7-17,19-20H2,1H3,(H,28,34)/t23-,25-/m1/s1. The van der Waals surface area contributed by atoms with Crippen LogP contribution >= 0.6 is 0 Å². The third-order valence-electron chi connectivity index (χ3n) is 8.24. The third-order valence-corrected chi connectivity index (χ3v) is 8.24. The van der Waals surface area contributed by atoms with E-state index in [0.717, 1.165) is 44.2 Å².